The van der Waals surface area contributed by atoms with E-state index in [1.807, 2.05) is 17.2 Å². The second-order valence-electron chi connectivity index (χ2n) is 15.1. The van der Waals surface area contributed by atoms with Gasteiger partial charge >= 0.3 is 11.9 Å². The minimum Gasteiger partial charge on any atom is -0.496 e. The highest BCUT2D eigenvalue weighted by atomic mass is 32.2. The molecule has 0 bridgehead atoms. The largest absolute Gasteiger partial charge is 0.496 e. The number of aliphatic carboxylic acids is 2. The van der Waals surface area contributed by atoms with Crippen molar-refractivity contribution >= 4 is 58.3 Å². The van der Waals surface area contributed by atoms with Crippen LogP contribution in [-0.4, -0.2) is 157 Å². The molecule has 1 aliphatic heterocycles. The molecule has 2 atom stereocenters. The van der Waals surface area contributed by atoms with Crippen molar-refractivity contribution in [1.29, 1.82) is 0 Å². The Kier molecular flexibility index (Phi) is 19.2. The SMILES string of the molecule is CCCCCNc1nc(N)nc2ccn(Cc3ccc(CN4CCN(C(=O)CCOCCOCCn5cc(CNC(=O)CSC(CC(=O)O)C(N)C(=O)O)nn5)CC4)cc3OC)c12. The van der Waals surface area contributed by atoms with E-state index in [0.29, 0.717) is 64.7 Å². The van der Waals surface area contributed by atoms with E-state index in [1.54, 1.807) is 18.0 Å². The van der Waals surface area contributed by atoms with Gasteiger partial charge in [-0.15, -0.1) is 16.9 Å². The first-order valence-corrected chi connectivity index (χ1v) is 22.1. The van der Waals surface area contributed by atoms with Gasteiger partial charge < -0.3 is 56.0 Å². The van der Waals surface area contributed by atoms with Crippen molar-refractivity contribution < 1.29 is 43.6 Å². The fourth-order valence-corrected chi connectivity index (χ4v) is 8.00. The van der Waals surface area contributed by atoms with Crippen LogP contribution in [-0.2, 0) is 54.8 Å². The van der Waals surface area contributed by atoms with Crippen LogP contribution in [0.1, 0.15) is 55.8 Å². The van der Waals surface area contributed by atoms with Gasteiger partial charge in [0.05, 0.1) is 83.5 Å². The van der Waals surface area contributed by atoms with Gasteiger partial charge in [-0.1, -0.05) is 37.1 Å². The van der Waals surface area contributed by atoms with E-state index in [1.165, 1.54) is 0 Å². The number of benzene rings is 1. The van der Waals surface area contributed by atoms with E-state index in [2.05, 4.69) is 65.5 Å². The van der Waals surface area contributed by atoms with Crippen molar-refractivity contribution in [2.24, 2.45) is 5.73 Å². The first-order valence-electron chi connectivity index (χ1n) is 21.1. The van der Waals surface area contributed by atoms with Crippen molar-refractivity contribution in [2.45, 2.75) is 76.5 Å². The number of ether oxygens (including phenoxy) is 3. The first kappa shape index (κ1) is 48.5. The predicted molar refractivity (Wildman–Crippen MR) is 236 cm³/mol. The fraction of sp³-hybridized carbons (Fsp3) is 0.561. The number of hydrogen-bond donors (Lipinski definition) is 6. The second kappa shape index (κ2) is 24.9. The summed E-state index contributed by atoms with van der Waals surface area (Å²) in [6.45, 7) is 8.97. The number of carboxylic acids is 2. The van der Waals surface area contributed by atoms with Gasteiger partial charge in [-0.25, -0.2) is 9.67 Å². The molecule has 4 aromatic rings. The number of unbranched alkanes of at least 4 members (excludes halogenated alkanes) is 2. The molecular weight excluding hydrogens is 837 g/mol. The summed E-state index contributed by atoms with van der Waals surface area (Å²) in [6.07, 6.45) is 6.80. The maximum Gasteiger partial charge on any atom is 0.321 e. The maximum atomic E-state index is 12.9. The summed E-state index contributed by atoms with van der Waals surface area (Å²) in [5.41, 5.74) is 16.0. The molecule has 0 aliphatic carbocycles. The Morgan fingerprint density at radius 1 is 0.984 bits per heavy atom. The van der Waals surface area contributed by atoms with Gasteiger partial charge in [-0.05, 0) is 24.1 Å². The summed E-state index contributed by atoms with van der Waals surface area (Å²) < 4.78 is 20.8. The number of methoxy groups -OCH3 is 1. The number of thioether (sulfide) groups is 1. The van der Waals surface area contributed by atoms with Crippen LogP contribution in [0.15, 0.2) is 36.7 Å². The standard InChI is InChI=1S/C41H60N12O9S/c1-3-4-5-10-44-39-38-31(46-41(43)47-39)8-11-52(38)25-29-7-6-28(21-32(29)60-2)24-50-12-14-51(15-13-50)35(55)9-17-61-19-20-62-18-16-53-26-30(48-49-53)23-45-34(54)27-63-33(22-36(56)57)37(42)40(58)59/h6-8,11,21,26,33,37H,3-5,9-10,12-20,22-25,27,42H2,1-2H3,(H,45,54)(H,56,57)(H,58,59)(H3,43,44,46,47). The molecule has 63 heavy (non-hydrogen) atoms. The van der Waals surface area contributed by atoms with E-state index in [9.17, 15) is 19.2 Å². The predicted octanol–water partition coefficient (Wildman–Crippen LogP) is 1.64. The summed E-state index contributed by atoms with van der Waals surface area (Å²) in [5, 5.41) is 31.3. The number of nitrogens with zero attached hydrogens (tertiary/aromatic N) is 8. The number of carboxylic acid groups (broad SMARTS) is 2. The van der Waals surface area contributed by atoms with E-state index in [4.69, 9.17) is 35.9 Å². The average molecular weight is 897 g/mol. The van der Waals surface area contributed by atoms with Gasteiger partial charge in [0.1, 0.15) is 23.0 Å². The van der Waals surface area contributed by atoms with Crippen LogP contribution in [0.3, 0.4) is 0 Å². The van der Waals surface area contributed by atoms with Gasteiger partial charge in [0.25, 0.3) is 0 Å². The van der Waals surface area contributed by atoms with Crippen molar-refractivity contribution in [3.8, 4) is 5.75 Å². The number of carbonyl (C=O) groups excluding carboxylic acids is 2. The van der Waals surface area contributed by atoms with Crippen molar-refractivity contribution in [3.05, 3.63) is 53.5 Å². The number of hydrogen-bond acceptors (Lipinski definition) is 16. The minimum absolute atomic E-state index is 0.0632. The van der Waals surface area contributed by atoms with Crippen LogP contribution in [0, 0.1) is 0 Å². The van der Waals surface area contributed by atoms with E-state index in [-0.39, 0.29) is 24.2 Å². The molecule has 1 fully saturated rings. The third kappa shape index (κ3) is 15.3. The monoisotopic (exact) mass is 896 g/mol. The van der Waals surface area contributed by atoms with E-state index < -0.39 is 35.6 Å². The Labute approximate surface area is 370 Å². The smallest absolute Gasteiger partial charge is 0.321 e. The van der Waals surface area contributed by atoms with Crippen LogP contribution in [0.5, 0.6) is 5.75 Å². The van der Waals surface area contributed by atoms with E-state index in [0.717, 1.165) is 90.9 Å². The molecule has 5 rings (SSSR count). The lowest BCUT2D eigenvalue weighted by atomic mass is 10.1. The zero-order chi connectivity index (χ0) is 45.1. The average Bonchev–Trinajstić information content (AvgIpc) is 3.90. The summed E-state index contributed by atoms with van der Waals surface area (Å²) >= 11 is 0.871. The normalized spacial score (nSPS) is 14.1. The molecule has 2 amide bonds. The molecule has 22 heteroatoms. The van der Waals surface area contributed by atoms with Crippen molar-refractivity contribution in [2.75, 3.05) is 83.1 Å². The second-order valence-corrected chi connectivity index (χ2v) is 16.3. The van der Waals surface area contributed by atoms with Gasteiger partial charge in [0, 0.05) is 56.3 Å². The van der Waals surface area contributed by atoms with Crippen molar-refractivity contribution in [1.82, 2.24) is 44.6 Å². The van der Waals surface area contributed by atoms with Gasteiger partial charge in [0.2, 0.25) is 17.8 Å². The Hall–Kier alpha value is -5.55. The molecule has 1 aliphatic rings. The zero-order valence-electron chi connectivity index (χ0n) is 35.9. The molecule has 0 spiro atoms. The topological polar surface area (TPSA) is 280 Å². The lowest BCUT2D eigenvalue weighted by Gasteiger charge is -2.35. The van der Waals surface area contributed by atoms with Crippen LogP contribution in [0.4, 0.5) is 11.8 Å². The molecule has 1 aromatic carbocycles. The number of nitrogens with one attached hydrogen (secondary N) is 2. The van der Waals surface area contributed by atoms with Crippen LogP contribution >= 0.6 is 11.8 Å². The van der Waals surface area contributed by atoms with Crippen molar-refractivity contribution in [3.63, 3.8) is 0 Å². The van der Waals surface area contributed by atoms with Crippen LogP contribution in [0.2, 0.25) is 0 Å². The van der Waals surface area contributed by atoms with Crippen LogP contribution < -0.4 is 26.8 Å². The highest BCUT2D eigenvalue weighted by Crippen LogP contribution is 2.28. The van der Waals surface area contributed by atoms with Gasteiger partial charge in [0.15, 0.2) is 5.82 Å². The molecule has 3 aromatic heterocycles. The zero-order valence-corrected chi connectivity index (χ0v) is 36.8. The number of piperazine rings is 1. The Balaban J connectivity index is 0.935. The lowest BCUT2D eigenvalue weighted by Crippen LogP contribution is -2.48. The minimum atomic E-state index is -1.41. The molecule has 2 unspecified atom stereocenters. The van der Waals surface area contributed by atoms with Gasteiger partial charge in [-0.2, -0.15) is 4.98 Å². The number of nitrogens with two attached hydrogens (primary N) is 2. The third-order valence-corrected chi connectivity index (χ3v) is 11.7. The number of nitrogen functional groups attached to an aromatic ring is 1. The molecule has 344 valence electrons. The molecule has 0 saturated carbocycles. The number of fused-ring (bicyclic) bond motifs is 1. The molecule has 0 radical (unpaired) electrons. The Bertz CT molecular complexity index is 2110. The fourth-order valence-electron chi connectivity index (χ4n) is 6.95. The highest BCUT2D eigenvalue weighted by molar-refractivity contribution is 8.00. The van der Waals surface area contributed by atoms with E-state index >= 15 is 0 Å². The lowest BCUT2D eigenvalue weighted by molar-refractivity contribution is -0.140. The Morgan fingerprint density at radius 2 is 1.76 bits per heavy atom. The molecule has 8 N–H and O–H groups in total. The number of amides is 2. The molecule has 1 saturated heterocycles. The quantitative estimate of drug-likeness (QED) is 0.0442. The van der Waals surface area contributed by atoms with Crippen LogP contribution in [0.25, 0.3) is 11.0 Å². The Morgan fingerprint density at radius 3 is 2.49 bits per heavy atom. The maximum absolute atomic E-state index is 12.9. The first-order chi connectivity index (χ1) is 30.4. The number of anilines is 2. The molecule has 4 heterocycles. The highest BCUT2D eigenvalue weighted by Gasteiger charge is 2.28. The summed E-state index contributed by atoms with van der Waals surface area (Å²) in [4.78, 5) is 60.5. The number of rotatable bonds is 28. The summed E-state index contributed by atoms with van der Waals surface area (Å²) in [7, 11) is 1.69. The third-order valence-electron chi connectivity index (χ3n) is 10.4. The molecule has 21 nitrogen and oxygen atoms in total. The number of carbonyl (C=O) groups is 4. The molecular formula is C41H60N12O9S. The van der Waals surface area contributed by atoms with Gasteiger partial charge in [-0.3, -0.25) is 24.1 Å². The number of aromatic nitrogens is 6. The summed E-state index contributed by atoms with van der Waals surface area (Å²) in [5.74, 6) is -1.28. The summed E-state index contributed by atoms with van der Waals surface area (Å²) in [6, 6.07) is 6.87.